The zero-order valence-corrected chi connectivity index (χ0v) is 48.9. The first-order valence-corrected chi connectivity index (χ1v) is 32.7. The number of hydrogen-bond donors (Lipinski definition) is 0. The molecule has 71 heavy (non-hydrogen) atoms. The van der Waals surface area contributed by atoms with Gasteiger partial charge in [-0.05, 0) is 87.1 Å². The fourth-order valence-electron chi connectivity index (χ4n) is 10.1. The third-order valence-corrected chi connectivity index (χ3v) is 16.2. The summed E-state index contributed by atoms with van der Waals surface area (Å²) >= 11 is 2.03. The maximum absolute atomic E-state index is 11.7. The molecule has 0 aromatic heterocycles. The van der Waals surface area contributed by atoms with Gasteiger partial charge in [0.1, 0.15) is 0 Å². The number of aryl methyl sites for hydroxylation is 2. The van der Waals surface area contributed by atoms with Crippen LogP contribution in [0.25, 0.3) is 16.9 Å². The molecule has 0 unspecified atom stereocenters. The molecule has 0 bridgehead atoms. The van der Waals surface area contributed by atoms with E-state index in [1.165, 1.54) is 263 Å². The van der Waals surface area contributed by atoms with E-state index in [2.05, 4.69) is 101 Å². The molecule has 1 aliphatic rings. The predicted molar refractivity (Wildman–Crippen MR) is 315 cm³/mol. The van der Waals surface area contributed by atoms with E-state index in [4.69, 9.17) is 0 Å². The van der Waals surface area contributed by atoms with Crippen molar-refractivity contribution in [2.45, 2.75) is 321 Å². The number of rotatable bonds is 48. The molecule has 408 valence electrons. The first-order chi connectivity index (χ1) is 35.1. The van der Waals surface area contributed by atoms with Gasteiger partial charge in [0.25, 0.3) is 0 Å². The summed E-state index contributed by atoms with van der Waals surface area (Å²) in [5, 5.41) is 2.86. The maximum atomic E-state index is 11.7. The van der Waals surface area contributed by atoms with Gasteiger partial charge in [-0.15, -0.1) is 0 Å². The number of hydrogen-bond acceptors (Lipinski definition) is 0. The normalized spacial score (nSPS) is 12.7. The van der Waals surface area contributed by atoms with Gasteiger partial charge in [-0.2, -0.15) is 0 Å². The first kappa shape index (κ1) is 64.9. The van der Waals surface area contributed by atoms with Crippen LogP contribution >= 0.6 is 0 Å². The van der Waals surface area contributed by atoms with Crippen LogP contribution in [-0.2, 0) is 27.3 Å². The molecule has 1 heterocycles. The summed E-state index contributed by atoms with van der Waals surface area (Å²) in [5.74, 6) is 0. The van der Waals surface area contributed by atoms with Gasteiger partial charge in [0.05, 0.1) is 0 Å². The van der Waals surface area contributed by atoms with Crippen molar-refractivity contribution in [2.75, 3.05) is 0 Å². The second-order valence-corrected chi connectivity index (χ2v) is 23.0. The van der Waals surface area contributed by atoms with Gasteiger partial charge in [-0.25, -0.2) is 4.70 Å². The standard InChI is InChI=1S/C46H70N2.2C11H23.Ni/c1-4-7-10-11-12-13-14-15-16-17-18-19-20-21-22-23-24-25-26-27-34-41-35-28-29-37-44(41)45-39-43(33-9-6-3)46(48(45)47)42-36-30-32-40(38-42)31-8-5-2;2*1-3-5-7-9-11-10-8-6-4-2;/h24-25,28-30,32,35-39H,4-23,26-27,31,33-34H2,1-3H3;2*1,3-11H2,2H3;. The van der Waals surface area contributed by atoms with Crippen LogP contribution in [0.3, 0.4) is 0 Å². The Bertz CT molecular complexity index is 1600. The fourth-order valence-corrected chi connectivity index (χ4v) is 11.4. The van der Waals surface area contributed by atoms with Crippen molar-refractivity contribution in [3.63, 3.8) is 0 Å². The monoisotopic (exact) mass is 1020 g/mol. The SMILES string of the molecule is CCCCCCCCCCCCCCCCCC=CCCCc1ccccc1C1=CC(CCCC)=C(c2cccc(CCCC)c2)[N+]1=[N-].CCCCCCCCCC[CH2][Ni][CH2]CCCCCCCCCC. The Morgan fingerprint density at radius 3 is 1.32 bits per heavy atom. The summed E-state index contributed by atoms with van der Waals surface area (Å²) in [7, 11) is 0. The molecule has 0 amide bonds. The average molecular weight is 1020 g/mol. The van der Waals surface area contributed by atoms with E-state index in [1.807, 2.05) is 14.4 Å². The van der Waals surface area contributed by atoms with Crippen LogP contribution < -0.4 is 0 Å². The molecule has 3 heteroatoms. The van der Waals surface area contributed by atoms with Gasteiger partial charge in [-0.3, -0.25) is 0 Å². The van der Waals surface area contributed by atoms with Gasteiger partial charge in [0.2, 0.25) is 11.4 Å². The number of allylic oxidation sites excluding steroid dienone is 4. The Balaban J connectivity index is 0.000000632. The molecular formula is C68H116N2Ni. The summed E-state index contributed by atoms with van der Waals surface area (Å²) in [4.78, 5) is 0. The Morgan fingerprint density at radius 2 is 0.831 bits per heavy atom. The van der Waals surface area contributed by atoms with E-state index in [-0.39, 0.29) is 0 Å². The van der Waals surface area contributed by atoms with Crippen LogP contribution in [0.4, 0.5) is 0 Å². The molecule has 0 spiro atoms. The van der Waals surface area contributed by atoms with Crippen LogP contribution in [0, 0.1) is 0 Å². The predicted octanol–water partition coefficient (Wildman–Crippen LogP) is 24.1. The van der Waals surface area contributed by atoms with Crippen LogP contribution in [0.5, 0.6) is 0 Å². The second-order valence-electron chi connectivity index (χ2n) is 21.5. The van der Waals surface area contributed by atoms with Crippen LogP contribution in [-0.4, -0.2) is 4.70 Å². The van der Waals surface area contributed by atoms with Gasteiger partial charge < -0.3 is 5.53 Å². The number of benzene rings is 2. The first-order valence-electron chi connectivity index (χ1n) is 31.3. The third kappa shape index (κ3) is 34.0. The van der Waals surface area contributed by atoms with Crippen LogP contribution in [0.1, 0.15) is 320 Å². The van der Waals surface area contributed by atoms with Crippen LogP contribution in [0.15, 0.2) is 72.3 Å². The summed E-state index contributed by atoms with van der Waals surface area (Å²) in [6.45, 7) is 11.4. The van der Waals surface area contributed by atoms with Crippen molar-refractivity contribution in [1.82, 2.24) is 0 Å². The zero-order valence-electron chi connectivity index (χ0n) is 47.9. The molecule has 0 saturated heterocycles. The van der Waals surface area contributed by atoms with Crippen LogP contribution in [0.2, 0.25) is 10.8 Å². The Kier molecular flexibility index (Phi) is 44.5. The Labute approximate surface area is 449 Å². The van der Waals surface area contributed by atoms with E-state index in [1.54, 1.807) is 0 Å². The van der Waals surface area contributed by atoms with E-state index in [0.717, 1.165) is 67.5 Å². The minimum atomic E-state index is 0.925. The van der Waals surface area contributed by atoms with Crippen molar-refractivity contribution in [3.8, 4) is 0 Å². The fraction of sp³-hybridized carbons (Fsp3) is 0.735. The average Bonchev–Trinajstić information content (AvgIpc) is 3.72. The number of nitrogens with zero attached hydrogens (tertiary/aromatic N) is 2. The van der Waals surface area contributed by atoms with Gasteiger partial charge >= 0.3 is 155 Å². The molecule has 0 saturated carbocycles. The molecule has 0 radical (unpaired) electrons. The van der Waals surface area contributed by atoms with E-state index < -0.39 is 0 Å². The Hall–Kier alpha value is -2.25. The topological polar surface area (TPSA) is 25.3 Å². The quantitative estimate of drug-likeness (QED) is 0.0273. The molecule has 3 rings (SSSR count). The summed E-state index contributed by atoms with van der Waals surface area (Å²) in [5.41, 5.74) is 19.8. The van der Waals surface area contributed by atoms with Gasteiger partial charge in [0, 0.05) is 22.8 Å². The Morgan fingerprint density at radius 1 is 0.408 bits per heavy atom. The molecule has 0 fully saturated rings. The summed E-state index contributed by atoms with van der Waals surface area (Å²) in [6, 6.07) is 17.5. The van der Waals surface area contributed by atoms with Crippen molar-refractivity contribution < 1.29 is 19.1 Å². The van der Waals surface area contributed by atoms with Crippen molar-refractivity contribution >= 4 is 11.4 Å². The molecule has 0 atom stereocenters. The molecular weight excluding hydrogens is 903 g/mol. The van der Waals surface area contributed by atoms with Gasteiger partial charge in [0.15, 0.2) is 0 Å². The van der Waals surface area contributed by atoms with Crippen molar-refractivity contribution in [2.24, 2.45) is 0 Å². The molecule has 2 nitrogen and oxygen atoms in total. The minimum absolute atomic E-state index is 0.925. The molecule has 0 N–H and O–H groups in total. The van der Waals surface area contributed by atoms with E-state index >= 15 is 0 Å². The molecule has 2 aromatic carbocycles. The second kappa shape index (κ2) is 48.7. The van der Waals surface area contributed by atoms with E-state index in [9.17, 15) is 5.53 Å². The summed E-state index contributed by atoms with van der Waals surface area (Å²) < 4.78 is 1.49. The molecule has 1 aliphatic heterocycles. The van der Waals surface area contributed by atoms with Crippen molar-refractivity contribution in [3.05, 3.63) is 100 Å². The van der Waals surface area contributed by atoms with Gasteiger partial charge in [-0.1, -0.05) is 166 Å². The summed E-state index contributed by atoms with van der Waals surface area (Å²) in [6.07, 6.45) is 65.9. The van der Waals surface area contributed by atoms with E-state index in [0.29, 0.717) is 0 Å². The third-order valence-electron chi connectivity index (χ3n) is 14.8. The van der Waals surface area contributed by atoms with Crippen molar-refractivity contribution in [1.29, 1.82) is 0 Å². The zero-order chi connectivity index (χ0) is 50.9. The number of unbranched alkanes of at least 4 members (excludes halogenated alkanes) is 34. The molecule has 2 aromatic rings. The molecule has 0 aliphatic carbocycles.